The third kappa shape index (κ3) is 2.68. The summed E-state index contributed by atoms with van der Waals surface area (Å²) in [7, 11) is 0. The number of nitrogens with one attached hydrogen (secondary N) is 2. The van der Waals surface area contributed by atoms with Gasteiger partial charge in [-0.3, -0.25) is 4.79 Å². The van der Waals surface area contributed by atoms with Gasteiger partial charge in [-0.2, -0.15) is 0 Å². The van der Waals surface area contributed by atoms with Gasteiger partial charge in [-0.25, -0.2) is 0 Å². The average Bonchev–Trinajstić information content (AvgIpc) is 1.97. The zero-order valence-electron chi connectivity index (χ0n) is 8.95. The molecule has 0 spiro atoms. The zero-order chi connectivity index (χ0) is 10.1. The lowest BCUT2D eigenvalue weighted by Crippen LogP contribution is -2.72. The van der Waals surface area contributed by atoms with Gasteiger partial charge in [-0.1, -0.05) is 20.3 Å². The molecule has 0 radical (unpaired) electrons. The summed E-state index contributed by atoms with van der Waals surface area (Å²) in [5.74, 6) is -0.446. The van der Waals surface area contributed by atoms with E-state index in [4.69, 9.17) is 0 Å². The highest BCUT2D eigenvalue weighted by molar-refractivity contribution is 6.64. The van der Waals surface area contributed by atoms with Gasteiger partial charge in [0.2, 0.25) is 5.91 Å². The van der Waals surface area contributed by atoms with E-state index in [9.17, 15) is 14.8 Å². The molecule has 1 fully saturated rings. The predicted molar refractivity (Wildman–Crippen MR) is 50.7 cm³/mol. The molecule has 1 aliphatic rings. The maximum atomic E-state index is 11.0. The second-order valence-electron chi connectivity index (χ2n) is 4.02. The van der Waals surface area contributed by atoms with Crippen molar-refractivity contribution in [2.75, 3.05) is 6.54 Å². The highest BCUT2D eigenvalue weighted by atomic mass is 16.4. The number of carbonyl (C=O) groups excluding carboxylic acids is 1. The van der Waals surface area contributed by atoms with Crippen LogP contribution in [0.5, 0.6) is 0 Å². The van der Waals surface area contributed by atoms with Crippen LogP contribution in [0.25, 0.3) is 0 Å². The van der Waals surface area contributed by atoms with Crippen LogP contribution in [0.4, 0.5) is 0 Å². The van der Waals surface area contributed by atoms with Gasteiger partial charge in [-0.15, -0.1) is 0 Å². The zero-order valence-corrected chi connectivity index (χ0v) is 7.95. The monoisotopic (exact) mass is 188 g/mol. The van der Waals surface area contributed by atoms with Crippen molar-refractivity contribution >= 4 is 12.6 Å². The highest BCUT2D eigenvalue weighted by Gasteiger charge is 2.35. The summed E-state index contributed by atoms with van der Waals surface area (Å²) < 4.78 is 0. The molecule has 0 aromatic carbocycles. The molecular weight excluding hydrogens is 171 g/mol. The molecule has 4 N–H and O–H groups in total. The third-order valence-electron chi connectivity index (χ3n) is 2.20. The van der Waals surface area contributed by atoms with Crippen LogP contribution in [0, 0.1) is 5.92 Å². The molecule has 1 heterocycles. The van der Waals surface area contributed by atoms with Crippen LogP contribution in [0.3, 0.4) is 0 Å². The molecular formula is C7H17BN2O3. The van der Waals surface area contributed by atoms with Crippen molar-refractivity contribution in [2.24, 2.45) is 5.92 Å². The standard InChI is InChI=1S/C7H16BN2O3/c1-5(2)3-6-8(12,13)9-4-7(11)10-6/h5-6,9,12-13H,3-4H2,1-2H3,(H,10,11)/q-1/p+1. The van der Waals surface area contributed by atoms with E-state index < -0.39 is 12.6 Å². The normalized spacial score (nSPS) is 27.5. The van der Waals surface area contributed by atoms with Crippen molar-refractivity contribution in [2.45, 2.75) is 26.2 Å². The van der Waals surface area contributed by atoms with E-state index in [1.165, 1.54) is 0 Å². The van der Waals surface area contributed by atoms with Crippen LogP contribution in [0.2, 0.25) is 0 Å². The van der Waals surface area contributed by atoms with Crippen molar-refractivity contribution in [1.82, 2.24) is 10.5 Å². The number of rotatable bonds is 2. The summed E-state index contributed by atoms with van der Waals surface area (Å²) >= 11 is 0. The molecule has 0 saturated carbocycles. The second kappa shape index (κ2) is 3.65. The Hall–Kier alpha value is -0.585. The molecule has 0 aliphatic carbocycles. The van der Waals surface area contributed by atoms with E-state index in [-0.39, 0.29) is 13.9 Å². The summed E-state index contributed by atoms with van der Waals surface area (Å²) in [4.78, 5) is 11.0. The average molecular weight is 188 g/mol. The molecule has 1 amide bonds. The van der Waals surface area contributed by atoms with Gasteiger partial charge in [0.05, 0.1) is 0 Å². The molecule has 1 rings (SSSR count). The minimum absolute atomic E-state index is 0. The maximum absolute atomic E-state index is 11.0. The molecule has 0 aromatic heterocycles. The number of hydrogen-bond donors (Lipinski definition) is 4. The van der Waals surface area contributed by atoms with Crippen molar-refractivity contribution in [3.05, 3.63) is 0 Å². The lowest BCUT2D eigenvalue weighted by molar-refractivity contribution is -0.121. The van der Waals surface area contributed by atoms with Gasteiger partial charge < -0.3 is 20.6 Å². The fourth-order valence-electron chi connectivity index (χ4n) is 1.52. The third-order valence-corrected chi connectivity index (χ3v) is 2.20. The molecule has 0 bridgehead atoms. The second-order valence-corrected chi connectivity index (χ2v) is 4.02. The summed E-state index contributed by atoms with van der Waals surface area (Å²) in [5.41, 5.74) is 0. The van der Waals surface area contributed by atoms with Gasteiger partial charge >= 0.3 is 8.11 Å². The van der Waals surface area contributed by atoms with Gasteiger partial charge in [0, 0.05) is 6.54 Å². The van der Waals surface area contributed by atoms with Gasteiger partial charge in [-0.05, 0) is 11.9 Å². The van der Waals surface area contributed by atoms with Gasteiger partial charge in [0.25, 0.3) is 0 Å². The molecule has 1 unspecified atom stereocenters. The number of carbonyl (C=O) groups is 1. The van der Waals surface area contributed by atoms with Crippen LogP contribution < -0.4 is 10.5 Å². The Bertz CT molecular complexity index is 213. The fraction of sp³-hybridized carbons (Fsp3) is 0.857. The largest absolute Gasteiger partial charge is 1.00 e. The lowest BCUT2D eigenvalue weighted by atomic mass is 9.60. The minimum Gasteiger partial charge on any atom is -0.569 e. The summed E-state index contributed by atoms with van der Waals surface area (Å²) in [5, 5.41) is 24.0. The van der Waals surface area contributed by atoms with Gasteiger partial charge in [0.1, 0.15) is 0 Å². The highest BCUT2D eigenvalue weighted by Crippen LogP contribution is 2.12. The van der Waals surface area contributed by atoms with Crippen molar-refractivity contribution in [3.8, 4) is 0 Å². The molecule has 0 aromatic rings. The Morgan fingerprint density at radius 3 is 2.85 bits per heavy atom. The van der Waals surface area contributed by atoms with Crippen molar-refractivity contribution in [3.63, 3.8) is 0 Å². The van der Waals surface area contributed by atoms with E-state index in [2.05, 4.69) is 10.5 Å². The topological polar surface area (TPSA) is 81.6 Å². The SMILES string of the molecule is CC(C)CC1NC(=O)CN[B-]1(O)O.[H+]. The fourth-order valence-corrected chi connectivity index (χ4v) is 1.52. The van der Waals surface area contributed by atoms with Crippen LogP contribution in [0.15, 0.2) is 0 Å². The number of amides is 1. The van der Waals surface area contributed by atoms with E-state index in [0.717, 1.165) is 0 Å². The van der Waals surface area contributed by atoms with Crippen molar-refractivity contribution in [1.29, 1.82) is 0 Å². The first-order valence-electron chi connectivity index (χ1n) is 4.56. The van der Waals surface area contributed by atoms with E-state index in [1.807, 2.05) is 13.8 Å². The Kier molecular flexibility index (Phi) is 2.95. The molecule has 76 valence electrons. The van der Waals surface area contributed by atoms with E-state index >= 15 is 0 Å². The summed E-state index contributed by atoms with van der Waals surface area (Å²) in [6.45, 7) is 1.29. The first-order chi connectivity index (χ1) is 5.92. The summed E-state index contributed by atoms with van der Waals surface area (Å²) in [6, 6.07) is 0. The molecule has 5 nitrogen and oxygen atoms in total. The van der Waals surface area contributed by atoms with Gasteiger partial charge in [0.15, 0.2) is 0 Å². The van der Waals surface area contributed by atoms with E-state index in [0.29, 0.717) is 12.3 Å². The lowest BCUT2D eigenvalue weighted by Gasteiger charge is -2.43. The Morgan fingerprint density at radius 2 is 2.31 bits per heavy atom. The van der Waals surface area contributed by atoms with Crippen LogP contribution in [-0.2, 0) is 4.79 Å². The molecule has 1 atom stereocenters. The smallest absolute Gasteiger partial charge is 0.569 e. The van der Waals surface area contributed by atoms with Crippen molar-refractivity contribution < 1.29 is 16.3 Å². The molecule has 6 heteroatoms. The molecule has 1 saturated heterocycles. The minimum atomic E-state index is -2.62. The Morgan fingerprint density at radius 1 is 1.69 bits per heavy atom. The maximum Gasteiger partial charge on any atom is 1.00 e. The van der Waals surface area contributed by atoms with E-state index in [1.54, 1.807) is 0 Å². The van der Waals surface area contributed by atoms with Crippen LogP contribution in [0.1, 0.15) is 21.7 Å². The Balaban J connectivity index is 0.00000169. The Labute approximate surface area is 79.0 Å². The number of hydrogen-bond acceptors (Lipinski definition) is 4. The predicted octanol–water partition coefficient (Wildman–Crippen LogP) is -1.30. The van der Waals surface area contributed by atoms with Crippen LogP contribution >= 0.6 is 0 Å². The molecule has 13 heavy (non-hydrogen) atoms. The summed E-state index contributed by atoms with van der Waals surface area (Å²) in [6.07, 6.45) is 0.561. The molecule has 1 aliphatic heterocycles. The van der Waals surface area contributed by atoms with Crippen LogP contribution in [-0.4, -0.2) is 35.1 Å². The first kappa shape index (κ1) is 10.5. The quantitative estimate of drug-likeness (QED) is 0.406. The first-order valence-corrected chi connectivity index (χ1v) is 4.56.